The first-order chi connectivity index (χ1) is 7.25. The number of nitrogens with one attached hydrogen (secondary N) is 1. The molecule has 3 nitrogen and oxygen atoms in total. The molecule has 0 spiro atoms. The van der Waals surface area contributed by atoms with Gasteiger partial charge < -0.3 is 4.42 Å². The maximum Gasteiger partial charge on any atom is 0.417 e. The van der Waals surface area contributed by atoms with Crippen LogP contribution in [0.4, 0.5) is 0 Å². The Hall–Kier alpha value is -2.03. The van der Waals surface area contributed by atoms with Crippen LogP contribution in [0.15, 0.2) is 39.5 Å². The number of H-pyrrole nitrogens is 1. The first kappa shape index (κ1) is 8.29. The Morgan fingerprint density at radius 3 is 2.73 bits per heavy atom. The fraction of sp³-hybridized carbons (Fsp3) is 0.0833. The Morgan fingerprint density at radius 1 is 1.20 bits per heavy atom. The molecule has 15 heavy (non-hydrogen) atoms. The van der Waals surface area contributed by atoms with Gasteiger partial charge in [-0.15, -0.1) is 0 Å². The number of hydrogen-bond acceptors (Lipinski definition) is 2. The van der Waals surface area contributed by atoms with Crippen molar-refractivity contribution in [2.45, 2.75) is 6.92 Å². The van der Waals surface area contributed by atoms with Gasteiger partial charge in [0.2, 0.25) is 0 Å². The Kier molecular flexibility index (Phi) is 1.51. The van der Waals surface area contributed by atoms with Crippen LogP contribution in [-0.2, 0) is 0 Å². The van der Waals surface area contributed by atoms with E-state index >= 15 is 0 Å². The maximum atomic E-state index is 11.1. The lowest BCUT2D eigenvalue weighted by Crippen LogP contribution is -1.92. The zero-order valence-electron chi connectivity index (χ0n) is 8.20. The summed E-state index contributed by atoms with van der Waals surface area (Å²) in [5, 5.41) is 2.10. The smallest absolute Gasteiger partial charge is 0.407 e. The van der Waals surface area contributed by atoms with Gasteiger partial charge in [0.15, 0.2) is 5.58 Å². The molecule has 2 aromatic carbocycles. The van der Waals surface area contributed by atoms with Crippen molar-refractivity contribution in [1.29, 1.82) is 0 Å². The number of aryl methyl sites for hydroxylation is 1. The quantitative estimate of drug-likeness (QED) is 0.604. The van der Waals surface area contributed by atoms with E-state index < -0.39 is 5.76 Å². The summed E-state index contributed by atoms with van der Waals surface area (Å²) in [4.78, 5) is 13.8. The van der Waals surface area contributed by atoms with Crippen LogP contribution in [-0.4, -0.2) is 4.98 Å². The molecule has 0 amide bonds. The van der Waals surface area contributed by atoms with Crippen LogP contribution in [0.5, 0.6) is 0 Å². The zero-order chi connectivity index (χ0) is 10.4. The first-order valence-electron chi connectivity index (χ1n) is 4.77. The van der Waals surface area contributed by atoms with Gasteiger partial charge in [0.05, 0.1) is 5.52 Å². The van der Waals surface area contributed by atoms with E-state index in [1.165, 1.54) is 0 Å². The van der Waals surface area contributed by atoms with Gasteiger partial charge in [-0.25, -0.2) is 4.79 Å². The molecule has 74 valence electrons. The number of oxazole rings is 1. The van der Waals surface area contributed by atoms with Gasteiger partial charge >= 0.3 is 5.76 Å². The van der Waals surface area contributed by atoms with Crippen LogP contribution in [0.25, 0.3) is 21.9 Å². The molecule has 3 heteroatoms. The van der Waals surface area contributed by atoms with Crippen molar-refractivity contribution in [3.8, 4) is 0 Å². The molecule has 0 aliphatic carbocycles. The lowest BCUT2D eigenvalue weighted by atomic mass is 10.0. The van der Waals surface area contributed by atoms with Crippen LogP contribution < -0.4 is 5.76 Å². The van der Waals surface area contributed by atoms with Crippen molar-refractivity contribution in [2.24, 2.45) is 0 Å². The highest BCUT2D eigenvalue weighted by molar-refractivity contribution is 6.04. The van der Waals surface area contributed by atoms with Crippen LogP contribution in [0.3, 0.4) is 0 Å². The SMILES string of the molecule is Cc1cc2[nH]c(=O)oc2c2ccccc12. The molecular formula is C12H9NO2. The Labute approximate surface area is 85.3 Å². The predicted octanol–water partition coefficient (Wildman–Crippen LogP) is 2.58. The van der Waals surface area contributed by atoms with Crippen molar-refractivity contribution >= 4 is 21.9 Å². The first-order valence-corrected chi connectivity index (χ1v) is 4.77. The molecule has 3 aromatic rings. The summed E-state index contributed by atoms with van der Waals surface area (Å²) in [5.74, 6) is -0.402. The van der Waals surface area contributed by atoms with E-state index in [1.807, 2.05) is 37.3 Å². The van der Waals surface area contributed by atoms with E-state index in [1.54, 1.807) is 0 Å². The minimum absolute atomic E-state index is 0.402. The third-order valence-corrected chi connectivity index (χ3v) is 2.63. The van der Waals surface area contributed by atoms with E-state index in [9.17, 15) is 4.79 Å². The van der Waals surface area contributed by atoms with Crippen molar-refractivity contribution in [2.75, 3.05) is 0 Å². The van der Waals surface area contributed by atoms with E-state index in [-0.39, 0.29) is 0 Å². The normalized spacial score (nSPS) is 11.3. The molecule has 1 N–H and O–H groups in total. The van der Waals surface area contributed by atoms with Crippen LogP contribution in [0, 0.1) is 6.92 Å². The van der Waals surface area contributed by atoms with Gasteiger partial charge in [0.25, 0.3) is 0 Å². The molecule has 0 atom stereocenters. The highest BCUT2D eigenvalue weighted by atomic mass is 16.4. The summed E-state index contributed by atoms with van der Waals surface area (Å²) in [5.41, 5.74) is 2.53. The number of fused-ring (bicyclic) bond motifs is 3. The third-order valence-electron chi connectivity index (χ3n) is 2.63. The highest BCUT2D eigenvalue weighted by Gasteiger charge is 2.07. The largest absolute Gasteiger partial charge is 0.417 e. The molecule has 0 radical (unpaired) electrons. The molecule has 0 unspecified atom stereocenters. The maximum absolute atomic E-state index is 11.1. The van der Waals surface area contributed by atoms with E-state index in [0.717, 1.165) is 21.9 Å². The molecule has 0 aliphatic rings. The minimum Gasteiger partial charge on any atom is -0.407 e. The molecule has 3 rings (SSSR count). The molecule has 0 fully saturated rings. The third kappa shape index (κ3) is 1.09. The average molecular weight is 199 g/mol. The molecule has 0 bridgehead atoms. The average Bonchev–Trinajstić information content (AvgIpc) is 2.59. The number of aromatic amines is 1. The standard InChI is InChI=1S/C12H9NO2/c1-7-6-10-11(15-12(14)13-10)9-5-3-2-4-8(7)9/h2-6H,1H3,(H,13,14). The van der Waals surface area contributed by atoms with Gasteiger partial charge in [-0.05, 0) is 23.9 Å². The molecule has 0 saturated heterocycles. The summed E-state index contributed by atoms with van der Waals surface area (Å²) in [7, 11) is 0. The second kappa shape index (κ2) is 2.73. The van der Waals surface area contributed by atoms with E-state index in [2.05, 4.69) is 4.98 Å². The lowest BCUT2D eigenvalue weighted by molar-refractivity contribution is 0.558. The van der Waals surface area contributed by atoms with Crippen LogP contribution in [0.2, 0.25) is 0 Å². The predicted molar refractivity (Wildman–Crippen MR) is 59.1 cm³/mol. The second-order valence-electron chi connectivity index (χ2n) is 3.63. The number of aromatic nitrogens is 1. The molecule has 0 aliphatic heterocycles. The Bertz CT molecular complexity index is 706. The highest BCUT2D eigenvalue weighted by Crippen LogP contribution is 2.26. The molecule has 0 saturated carbocycles. The topological polar surface area (TPSA) is 46.0 Å². The Morgan fingerprint density at radius 2 is 1.93 bits per heavy atom. The van der Waals surface area contributed by atoms with Gasteiger partial charge in [-0.2, -0.15) is 0 Å². The summed E-state index contributed by atoms with van der Waals surface area (Å²) in [6.07, 6.45) is 0. The minimum atomic E-state index is -0.402. The van der Waals surface area contributed by atoms with Crippen molar-refractivity contribution in [3.63, 3.8) is 0 Å². The fourth-order valence-corrected chi connectivity index (χ4v) is 1.96. The molecule has 1 heterocycles. The number of hydrogen-bond donors (Lipinski definition) is 1. The molecular weight excluding hydrogens is 190 g/mol. The van der Waals surface area contributed by atoms with Crippen molar-refractivity contribution in [3.05, 3.63) is 46.4 Å². The van der Waals surface area contributed by atoms with Gasteiger partial charge in [0.1, 0.15) is 0 Å². The van der Waals surface area contributed by atoms with Gasteiger partial charge in [0, 0.05) is 5.39 Å². The van der Waals surface area contributed by atoms with Crippen LogP contribution in [0.1, 0.15) is 5.56 Å². The second-order valence-corrected chi connectivity index (χ2v) is 3.63. The molecule has 1 aromatic heterocycles. The number of rotatable bonds is 0. The van der Waals surface area contributed by atoms with Crippen LogP contribution >= 0.6 is 0 Å². The zero-order valence-corrected chi connectivity index (χ0v) is 8.20. The van der Waals surface area contributed by atoms with E-state index in [4.69, 9.17) is 4.42 Å². The van der Waals surface area contributed by atoms with Crippen molar-refractivity contribution < 1.29 is 4.42 Å². The van der Waals surface area contributed by atoms with Gasteiger partial charge in [-0.1, -0.05) is 24.3 Å². The summed E-state index contributed by atoms with van der Waals surface area (Å²) in [6, 6.07) is 9.83. The van der Waals surface area contributed by atoms with Gasteiger partial charge in [-0.3, -0.25) is 4.98 Å². The monoisotopic (exact) mass is 199 g/mol. The summed E-state index contributed by atoms with van der Waals surface area (Å²) < 4.78 is 5.13. The summed E-state index contributed by atoms with van der Waals surface area (Å²) >= 11 is 0. The Balaban J connectivity index is 2.68. The fourth-order valence-electron chi connectivity index (χ4n) is 1.96. The van der Waals surface area contributed by atoms with Crippen molar-refractivity contribution in [1.82, 2.24) is 4.98 Å². The number of benzene rings is 2. The lowest BCUT2D eigenvalue weighted by Gasteiger charge is -2.01. The van der Waals surface area contributed by atoms with E-state index in [0.29, 0.717) is 5.58 Å². The summed E-state index contributed by atoms with van der Waals surface area (Å²) in [6.45, 7) is 2.02.